The summed E-state index contributed by atoms with van der Waals surface area (Å²) in [7, 11) is 2.18. The second-order valence-corrected chi connectivity index (χ2v) is 7.14. The third-order valence-corrected chi connectivity index (χ3v) is 5.82. The summed E-state index contributed by atoms with van der Waals surface area (Å²) in [4.78, 5) is 3.76. The third kappa shape index (κ3) is 3.39. The molecule has 0 saturated carbocycles. The molecule has 0 aliphatic carbocycles. The van der Waals surface area contributed by atoms with Gasteiger partial charge in [0.1, 0.15) is 0 Å². The Morgan fingerprint density at radius 2 is 2.37 bits per heavy atom. The lowest BCUT2D eigenvalue weighted by Gasteiger charge is -2.37. The number of nitrogens with two attached hydrogens (primary N) is 1. The Labute approximate surface area is 128 Å². The lowest BCUT2D eigenvalue weighted by molar-refractivity contribution is 0.0617. The minimum Gasteiger partial charge on any atom is -0.377 e. The first-order valence-corrected chi connectivity index (χ1v) is 8.55. The molecule has 1 aromatic heterocycles. The maximum Gasteiger partial charge on any atom is 0.0703 e. The number of hydrogen-bond donors (Lipinski definition) is 1. The summed E-state index contributed by atoms with van der Waals surface area (Å²) in [5.41, 5.74) is 6.38. The summed E-state index contributed by atoms with van der Waals surface area (Å²) in [6.07, 6.45) is 2.36. The average molecular weight is 347 g/mol. The molecule has 0 spiro atoms. The van der Waals surface area contributed by atoms with Crippen molar-refractivity contribution in [2.45, 2.75) is 50.9 Å². The first-order chi connectivity index (χ1) is 9.04. The van der Waals surface area contributed by atoms with Gasteiger partial charge in [-0.3, -0.25) is 4.90 Å². The molecule has 3 nitrogen and oxygen atoms in total. The molecule has 5 heteroatoms. The van der Waals surface area contributed by atoms with E-state index in [2.05, 4.69) is 53.2 Å². The number of rotatable bonds is 5. The molecule has 108 valence electrons. The van der Waals surface area contributed by atoms with Gasteiger partial charge in [-0.25, -0.2) is 0 Å². The van der Waals surface area contributed by atoms with Gasteiger partial charge in [0, 0.05) is 33.4 Å². The molecule has 4 atom stereocenters. The van der Waals surface area contributed by atoms with Crippen LogP contribution < -0.4 is 5.73 Å². The SMILES string of the molecule is CCC(N)C(c1cc(Br)cs1)N(C)C1CCOC1C. The summed E-state index contributed by atoms with van der Waals surface area (Å²) >= 11 is 5.32. The molecule has 0 amide bonds. The maximum absolute atomic E-state index is 6.38. The molecule has 4 unspecified atom stereocenters. The van der Waals surface area contributed by atoms with Gasteiger partial charge in [0.05, 0.1) is 12.1 Å². The average Bonchev–Trinajstić information content (AvgIpc) is 2.98. The second kappa shape index (κ2) is 6.68. The Balaban J connectivity index is 2.22. The van der Waals surface area contributed by atoms with Crippen LogP contribution in [0.15, 0.2) is 15.9 Å². The Hall–Kier alpha value is 0.0600. The van der Waals surface area contributed by atoms with Crippen molar-refractivity contribution in [3.8, 4) is 0 Å². The van der Waals surface area contributed by atoms with Gasteiger partial charge < -0.3 is 10.5 Å². The largest absolute Gasteiger partial charge is 0.377 e. The zero-order valence-corrected chi connectivity index (χ0v) is 14.2. The van der Waals surface area contributed by atoms with Crippen LogP contribution in [0.4, 0.5) is 0 Å². The highest BCUT2D eigenvalue weighted by Gasteiger charge is 2.35. The van der Waals surface area contributed by atoms with Crippen LogP contribution in [0.1, 0.15) is 37.6 Å². The summed E-state index contributed by atoms with van der Waals surface area (Å²) < 4.78 is 6.85. The van der Waals surface area contributed by atoms with Gasteiger partial charge in [0.2, 0.25) is 0 Å². The van der Waals surface area contributed by atoms with Gasteiger partial charge in [-0.2, -0.15) is 0 Å². The van der Waals surface area contributed by atoms with E-state index in [1.54, 1.807) is 11.3 Å². The van der Waals surface area contributed by atoms with E-state index in [-0.39, 0.29) is 12.1 Å². The fourth-order valence-corrected chi connectivity index (χ4v) is 4.55. The molecule has 2 heterocycles. The molecule has 19 heavy (non-hydrogen) atoms. The van der Waals surface area contributed by atoms with Gasteiger partial charge >= 0.3 is 0 Å². The highest BCUT2D eigenvalue weighted by Crippen LogP contribution is 2.35. The molecule has 0 radical (unpaired) electrons. The van der Waals surface area contributed by atoms with Crippen molar-refractivity contribution in [2.75, 3.05) is 13.7 Å². The fourth-order valence-electron chi connectivity index (χ4n) is 2.88. The molecule has 0 aromatic carbocycles. The van der Waals surface area contributed by atoms with Crippen molar-refractivity contribution in [3.63, 3.8) is 0 Å². The number of ether oxygens (including phenoxy) is 1. The highest BCUT2D eigenvalue weighted by molar-refractivity contribution is 9.10. The van der Waals surface area contributed by atoms with Crippen LogP contribution in [0.2, 0.25) is 0 Å². The molecule has 1 aliphatic heterocycles. The van der Waals surface area contributed by atoms with E-state index in [1.807, 2.05) is 0 Å². The molecular formula is C14H23BrN2OS. The predicted octanol–water partition coefficient (Wildman–Crippen LogP) is 3.40. The van der Waals surface area contributed by atoms with Gasteiger partial charge in [0.25, 0.3) is 0 Å². The summed E-state index contributed by atoms with van der Waals surface area (Å²) in [5.74, 6) is 0. The maximum atomic E-state index is 6.38. The number of halogens is 1. The van der Waals surface area contributed by atoms with Crippen LogP contribution in [0.5, 0.6) is 0 Å². The van der Waals surface area contributed by atoms with E-state index < -0.39 is 0 Å². The van der Waals surface area contributed by atoms with Gasteiger partial charge in [-0.05, 0) is 48.8 Å². The number of thiophene rings is 1. The van der Waals surface area contributed by atoms with Crippen LogP contribution in [0, 0.1) is 0 Å². The van der Waals surface area contributed by atoms with Crippen molar-refractivity contribution in [2.24, 2.45) is 5.73 Å². The number of nitrogens with zero attached hydrogens (tertiary/aromatic N) is 1. The standard InChI is InChI=1S/C14H23BrN2OS/c1-4-11(16)14(13-7-10(15)8-19-13)17(3)12-5-6-18-9(12)2/h7-9,11-12,14H,4-6,16H2,1-3H3. The van der Waals surface area contributed by atoms with Crippen LogP contribution in [0.25, 0.3) is 0 Å². The predicted molar refractivity (Wildman–Crippen MR) is 84.6 cm³/mol. The van der Waals surface area contributed by atoms with Gasteiger partial charge in [-0.1, -0.05) is 6.92 Å². The minimum atomic E-state index is 0.156. The van der Waals surface area contributed by atoms with Crippen molar-refractivity contribution >= 4 is 27.3 Å². The zero-order chi connectivity index (χ0) is 14.0. The molecular weight excluding hydrogens is 324 g/mol. The lowest BCUT2D eigenvalue weighted by Crippen LogP contribution is -2.46. The van der Waals surface area contributed by atoms with E-state index >= 15 is 0 Å². The van der Waals surface area contributed by atoms with Gasteiger partial charge in [0.15, 0.2) is 0 Å². The quantitative estimate of drug-likeness (QED) is 0.887. The van der Waals surface area contributed by atoms with E-state index in [0.717, 1.165) is 23.9 Å². The van der Waals surface area contributed by atoms with E-state index in [9.17, 15) is 0 Å². The molecule has 1 aromatic rings. The smallest absolute Gasteiger partial charge is 0.0703 e. The zero-order valence-electron chi connectivity index (χ0n) is 11.8. The van der Waals surface area contributed by atoms with Crippen LogP contribution >= 0.6 is 27.3 Å². The Kier molecular flexibility index (Phi) is 5.43. The molecule has 1 saturated heterocycles. The van der Waals surface area contributed by atoms with E-state index in [4.69, 9.17) is 10.5 Å². The number of likely N-dealkylation sites (N-methyl/N-ethyl adjacent to an activating group) is 1. The summed E-state index contributed by atoms with van der Waals surface area (Å²) in [6, 6.07) is 3.09. The normalized spacial score (nSPS) is 26.8. The van der Waals surface area contributed by atoms with Crippen molar-refractivity contribution in [1.29, 1.82) is 0 Å². The van der Waals surface area contributed by atoms with Crippen molar-refractivity contribution in [1.82, 2.24) is 4.90 Å². The van der Waals surface area contributed by atoms with Crippen LogP contribution in [0.3, 0.4) is 0 Å². The lowest BCUT2D eigenvalue weighted by atomic mass is 9.99. The van der Waals surface area contributed by atoms with Crippen molar-refractivity contribution < 1.29 is 4.74 Å². The Morgan fingerprint density at radius 1 is 1.63 bits per heavy atom. The molecule has 2 rings (SSSR count). The molecule has 1 fully saturated rings. The fraction of sp³-hybridized carbons (Fsp3) is 0.714. The van der Waals surface area contributed by atoms with E-state index in [1.165, 1.54) is 4.88 Å². The Morgan fingerprint density at radius 3 is 2.84 bits per heavy atom. The molecule has 2 N–H and O–H groups in total. The third-order valence-electron chi connectivity index (χ3n) is 4.05. The van der Waals surface area contributed by atoms with Gasteiger partial charge in [-0.15, -0.1) is 11.3 Å². The first kappa shape index (κ1) is 15.4. The highest BCUT2D eigenvalue weighted by atomic mass is 79.9. The van der Waals surface area contributed by atoms with Crippen LogP contribution in [-0.4, -0.2) is 36.7 Å². The van der Waals surface area contributed by atoms with E-state index in [0.29, 0.717) is 12.1 Å². The Bertz CT molecular complexity index is 412. The van der Waals surface area contributed by atoms with Crippen molar-refractivity contribution in [3.05, 3.63) is 20.8 Å². The second-order valence-electron chi connectivity index (χ2n) is 5.28. The summed E-state index contributed by atoms with van der Waals surface area (Å²) in [5, 5.41) is 2.13. The van der Waals surface area contributed by atoms with Crippen LogP contribution in [-0.2, 0) is 4.74 Å². The molecule has 0 bridgehead atoms. The topological polar surface area (TPSA) is 38.5 Å². The first-order valence-electron chi connectivity index (χ1n) is 6.87. The number of hydrogen-bond acceptors (Lipinski definition) is 4. The minimum absolute atomic E-state index is 0.156. The monoisotopic (exact) mass is 346 g/mol. The molecule has 1 aliphatic rings. The summed E-state index contributed by atoms with van der Waals surface area (Å²) in [6.45, 7) is 5.17.